The number of para-hydroxylation sites is 1. The second-order valence-electron chi connectivity index (χ2n) is 7.78. The Bertz CT molecular complexity index is 940. The first-order valence-electron chi connectivity index (χ1n) is 10.2. The number of nitrogens with zero attached hydrogens (tertiary/aromatic N) is 4. The van der Waals surface area contributed by atoms with Gasteiger partial charge in [-0.3, -0.25) is 19.5 Å². The lowest BCUT2D eigenvalue weighted by Gasteiger charge is -2.33. The maximum absolute atomic E-state index is 12.8. The molecular formula is C22H25N5O2. The number of likely N-dealkylation sites (tertiary alicyclic amines) is 2. The molecule has 2 aliphatic heterocycles. The van der Waals surface area contributed by atoms with Crippen molar-refractivity contribution in [1.82, 2.24) is 20.1 Å². The first-order valence-corrected chi connectivity index (χ1v) is 10.2. The summed E-state index contributed by atoms with van der Waals surface area (Å²) in [4.78, 5) is 33.5. The van der Waals surface area contributed by atoms with Gasteiger partial charge in [-0.2, -0.15) is 5.26 Å². The molecule has 1 aromatic heterocycles. The summed E-state index contributed by atoms with van der Waals surface area (Å²) in [6.07, 6.45) is 4.99. The third-order valence-corrected chi connectivity index (χ3v) is 5.88. The lowest BCUT2D eigenvalue weighted by molar-refractivity contribution is -0.132. The summed E-state index contributed by atoms with van der Waals surface area (Å²) in [7, 11) is 0. The van der Waals surface area contributed by atoms with E-state index in [9.17, 15) is 9.59 Å². The largest absolute Gasteiger partial charge is 0.349 e. The molecule has 0 spiro atoms. The van der Waals surface area contributed by atoms with Gasteiger partial charge in [0.05, 0.1) is 23.7 Å². The number of piperidine rings is 1. The van der Waals surface area contributed by atoms with E-state index in [4.69, 9.17) is 5.26 Å². The molecule has 2 saturated heterocycles. The molecule has 0 aliphatic carbocycles. The highest BCUT2D eigenvalue weighted by molar-refractivity contribution is 6.05. The van der Waals surface area contributed by atoms with Gasteiger partial charge in [-0.15, -0.1) is 0 Å². The Kier molecular flexibility index (Phi) is 5.72. The number of benzene rings is 1. The minimum atomic E-state index is -0.270. The van der Waals surface area contributed by atoms with Crippen LogP contribution in [0.4, 0.5) is 0 Å². The van der Waals surface area contributed by atoms with E-state index in [2.05, 4.69) is 21.3 Å². The molecule has 0 radical (unpaired) electrons. The average Bonchev–Trinajstić information content (AvgIpc) is 3.24. The van der Waals surface area contributed by atoms with E-state index in [1.165, 1.54) is 0 Å². The molecule has 2 amide bonds. The first kappa shape index (κ1) is 19.3. The van der Waals surface area contributed by atoms with Crippen molar-refractivity contribution >= 4 is 22.7 Å². The monoisotopic (exact) mass is 391 g/mol. The molecular weight excluding hydrogens is 366 g/mol. The summed E-state index contributed by atoms with van der Waals surface area (Å²) in [6.45, 7) is 2.56. The van der Waals surface area contributed by atoms with E-state index in [0.717, 1.165) is 44.2 Å². The predicted octanol–water partition coefficient (Wildman–Crippen LogP) is 1.94. The lowest BCUT2D eigenvalue weighted by Crippen LogP contribution is -2.48. The van der Waals surface area contributed by atoms with Crippen molar-refractivity contribution in [2.45, 2.75) is 37.8 Å². The van der Waals surface area contributed by atoms with Crippen molar-refractivity contribution in [2.75, 3.05) is 26.2 Å². The summed E-state index contributed by atoms with van der Waals surface area (Å²) in [5, 5.41) is 13.2. The maximum Gasteiger partial charge on any atom is 0.253 e. The number of amides is 2. The number of carbonyl (C=O) groups is 2. The molecule has 1 aromatic carbocycles. The van der Waals surface area contributed by atoms with Crippen molar-refractivity contribution in [3.8, 4) is 6.07 Å². The number of nitrogens with one attached hydrogen (secondary N) is 1. The van der Waals surface area contributed by atoms with Crippen molar-refractivity contribution < 1.29 is 9.59 Å². The zero-order valence-corrected chi connectivity index (χ0v) is 16.4. The molecule has 3 heterocycles. The Morgan fingerprint density at radius 2 is 1.93 bits per heavy atom. The standard InChI is InChI=1S/C22H25N5O2/c23-14-18-6-3-11-27(18)20(28)15-26-12-8-17(9-13-26)25-22(29)19-7-1-4-16-5-2-10-24-21(16)19/h1-2,4-5,7,10,17-18H,3,6,8-9,11-13,15H2,(H,25,29)/t18-/m0/s1. The minimum Gasteiger partial charge on any atom is -0.349 e. The van der Waals surface area contributed by atoms with Crippen LogP contribution in [0, 0.1) is 11.3 Å². The zero-order chi connectivity index (χ0) is 20.2. The van der Waals surface area contributed by atoms with Gasteiger partial charge in [0.2, 0.25) is 5.91 Å². The van der Waals surface area contributed by atoms with Crippen LogP contribution in [0.5, 0.6) is 0 Å². The Labute approximate surface area is 170 Å². The molecule has 29 heavy (non-hydrogen) atoms. The molecule has 7 nitrogen and oxygen atoms in total. The van der Waals surface area contributed by atoms with Crippen molar-refractivity contribution in [2.24, 2.45) is 0 Å². The van der Waals surface area contributed by atoms with Gasteiger partial charge in [-0.1, -0.05) is 18.2 Å². The molecule has 1 atom stereocenters. The highest BCUT2D eigenvalue weighted by atomic mass is 16.2. The van der Waals surface area contributed by atoms with Gasteiger partial charge in [0.1, 0.15) is 6.04 Å². The van der Waals surface area contributed by atoms with Crippen LogP contribution in [0.2, 0.25) is 0 Å². The third kappa shape index (κ3) is 4.22. The van der Waals surface area contributed by atoms with Crippen LogP contribution in [-0.4, -0.2) is 64.9 Å². The molecule has 1 N–H and O–H groups in total. The number of rotatable bonds is 4. The first-order chi connectivity index (χ1) is 14.2. The van der Waals surface area contributed by atoms with E-state index in [0.29, 0.717) is 24.2 Å². The summed E-state index contributed by atoms with van der Waals surface area (Å²) < 4.78 is 0. The van der Waals surface area contributed by atoms with Gasteiger partial charge in [-0.05, 0) is 37.8 Å². The van der Waals surface area contributed by atoms with Gasteiger partial charge >= 0.3 is 0 Å². The van der Waals surface area contributed by atoms with Crippen LogP contribution in [0.1, 0.15) is 36.0 Å². The number of pyridine rings is 1. The topological polar surface area (TPSA) is 89.3 Å². The van der Waals surface area contributed by atoms with Crippen LogP contribution in [0.15, 0.2) is 36.5 Å². The second kappa shape index (κ2) is 8.58. The Balaban J connectivity index is 1.30. The highest BCUT2D eigenvalue weighted by Crippen LogP contribution is 2.19. The van der Waals surface area contributed by atoms with Gasteiger partial charge < -0.3 is 10.2 Å². The van der Waals surface area contributed by atoms with Gasteiger partial charge in [-0.25, -0.2) is 0 Å². The quantitative estimate of drug-likeness (QED) is 0.860. The fourth-order valence-electron chi connectivity index (χ4n) is 4.27. The molecule has 0 unspecified atom stereocenters. The average molecular weight is 391 g/mol. The number of hydrogen-bond acceptors (Lipinski definition) is 5. The number of nitriles is 1. The molecule has 0 bridgehead atoms. The van der Waals surface area contributed by atoms with Crippen molar-refractivity contribution in [1.29, 1.82) is 5.26 Å². The van der Waals surface area contributed by atoms with E-state index < -0.39 is 0 Å². The van der Waals surface area contributed by atoms with E-state index >= 15 is 0 Å². The second-order valence-corrected chi connectivity index (χ2v) is 7.78. The Morgan fingerprint density at radius 3 is 2.72 bits per heavy atom. The van der Waals surface area contributed by atoms with E-state index in [1.807, 2.05) is 24.3 Å². The molecule has 7 heteroatoms. The highest BCUT2D eigenvalue weighted by Gasteiger charge is 2.30. The smallest absolute Gasteiger partial charge is 0.253 e. The third-order valence-electron chi connectivity index (χ3n) is 5.88. The number of carbonyl (C=O) groups excluding carboxylic acids is 2. The summed E-state index contributed by atoms with van der Waals surface area (Å²) in [5.41, 5.74) is 1.31. The SMILES string of the molecule is N#C[C@@H]1CCCN1C(=O)CN1CCC(NC(=O)c2cccc3cccnc23)CC1. The molecule has 150 valence electrons. The number of aromatic nitrogens is 1. The van der Waals surface area contributed by atoms with Crippen LogP contribution >= 0.6 is 0 Å². The molecule has 4 rings (SSSR count). The van der Waals surface area contributed by atoms with Crippen LogP contribution in [-0.2, 0) is 4.79 Å². The molecule has 2 aromatic rings. The van der Waals surface area contributed by atoms with Gasteiger partial charge in [0.25, 0.3) is 5.91 Å². The summed E-state index contributed by atoms with van der Waals surface area (Å²) in [5.74, 6) is -0.0591. The molecule has 2 fully saturated rings. The summed E-state index contributed by atoms with van der Waals surface area (Å²) in [6, 6.07) is 11.5. The van der Waals surface area contributed by atoms with Crippen LogP contribution < -0.4 is 5.32 Å². The Morgan fingerprint density at radius 1 is 1.14 bits per heavy atom. The fourth-order valence-corrected chi connectivity index (χ4v) is 4.27. The van der Waals surface area contributed by atoms with Crippen molar-refractivity contribution in [3.05, 3.63) is 42.1 Å². The van der Waals surface area contributed by atoms with E-state index in [-0.39, 0.29) is 23.9 Å². The number of fused-ring (bicyclic) bond motifs is 1. The Hall–Kier alpha value is -2.98. The van der Waals surface area contributed by atoms with E-state index in [1.54, 1.807) is 17.2 Å². The maximum atomic E-state index is 12.8. The number of hydrogen-bond donors (Lipinski definition) is 1. The summed E-state index contributed by atoms with van der Waals surface area (Å²) >= 11 is 0. The zero-order valence-electron chi connectivity index (χ0n) is 16.4. The fraction of sp³-hybridized carbons (Fsp3) is 0.455. The van der Waals surface area contributed by atoms with Crippen molar-refractivity contribution in [3.63, 3.8) is 0 Å². The lowest BCUT2D eigenvalue weighted by atomic mass is 10.0. The van der Waals surface area contributed by atoms with Gasteiger partial charge in [0, 0.05) is 37.3 Å². The normalized spacial score (nSPS) is 20.5. The van der Waals surface area contributed by atoms with Crippen LogP contribution in [0.3, 0.4) is 0 Å². The minimum absolute atomic E-state index is 0.0402. The van der Waals surface area contributed by atoms with Gasteiger partial charge in [0.15, 0.2) is 0 Å². The predicted molar refractivity (Wildman–Crippen MR) is 109 cm³/mol. The molecule has 2 aliphatic rings. The molecule has 0 saturated carbocycles. The van der Waals surface area contributed by atoms with Crippen LogP contribution in [0.25, 0.3) is 10.9 Å².